The zero-order chi connectivity index (χ0) is 43.7. The van der Waals surface area contributed by atoms with E-state index in [9.17, 15) is 4.79 Å². The van der Waals surface area contributed by atoms with E-state index in [4.69, 9.17) is 24.0 Å². The van der Waals surface area contributed by atoms with Crippen LogP contribution in [0.4, 0.5) is 28.1 Å². The molecule has 0 unspecified atom stereocenters. The second-order valence-electron chi connectivity index (χ2n) is 17.9. The van der Waals surface area contributed by atoms with E-state index in [2.05, 4.69) is 68.7 Å². The summed E-state index contributed by atoms with van der Waals surface area (Å²) in [7, 11) is -0.469. The normalized spacial score (nSPS) is 15.9. The van der Waals surface area contributed by atoms with Gasteiger partial charge in [0.15, 0.2) is 11.6 Å². The number of nitrogens with zero attached hydrogens (tertiary/aromatic N) is 9. The monoisotopic (exact) mass is 823 g/mol. The van der Waals surface area contributed by atoms with Crippen LogP contribution in [0.25, 0.3) is 27.6 Å². The van der Waals surface area contributed by atoms with E-state index in [0.717, 1.165) is 49.8 Å². The Labute approximate surface area is 357 Å². The molecule has 61 heavy (non-hydrogen) atoms. The molecule has 0 aromatic carbocycles. The Hall–Kier alpha value is -6.13. The molecule has 16 heteroatoms. The van der Waals surface area contributed by atoms with Gasteiger partial charge in [-0.1, -0.05) is 33.8 Å². The SMILES string of the molecule is CC(C)c1cnnc(Nc2ccc3ncc(B4OC(C)(C)C(C)(C)O4)cc3n2)c1.CC(C)c1cnnc(Nc2ccc3ncc(C4=CCN(C(=O)OC(C)(C)C)C4)cc3n2)c1. The van der Waals surface area contributed by atoms with E-state index >= 15 is 0 Å². The highest BCUT2D eigenvalue weighted by atomic mass is 16.7. The smallest absolute Gasteiger partial charge is 0.444 e. The number of ether oxygens (including phenoxy) is 1. The first-order chi connectivity index (χ1) is 28.8. The van der Waals surface area contributed by atoms with E-state index in [-0.39, 0.29) is 6.09 Å². The van der Waals surface area contributed by atoms with Crippen molar-refractivity contribution in [3.05, 3.63) is 96.1 Å². The van der Waals surface area contributed by atoms with Crippen molar-refractivity contribution in [2.75, 3.05) is 23.7 Å². The second-order valence-corrected chi connectivity index (χ2v) is 17.9. The third kappa shape index (κ3) is 10.3. The predicted octanol–water partition coefficient (Wildman–Crippen LogP) is 8.51. The fourth-order valence-electron chi connectivity index (χ4n) is 6.46. The van der Waals surface area contributed by atoms with Crippen LogP contribution >= 0.6 is 0 Å². The minimum atomic E-state index is -0.517. The summed E-state index contributed by atoms with van der Waals surface area (Å²) in [5.41, 5.74) is 6.85. The number of rotatable bonds is 8. The number of hydrogen-bond donors (Lipinski definition) is 2. The van der Waals surface area contributed by atoms with E-state index in [1.54, 1.807) is 23.5 Å². The molecule has 15 nitrogen and oxygen atoms in total. The van der Waals surface area contributed by atoms with Gasteiger partial charge in [-0.2, -0.15) is 10.2 Å². The highest BCUT2D eigenvalue weighted by Gasteiger charge is 2.52. The molecule has 1 fully saturated rings. The van der Waals surface area contributed by atoms with E-state index < -0.39 is 23.9 Å². The summed E-state index contributed by atoms with van der Waals surface area (Å²) in [4.78, 5) is 32.5. The maximum Gasteiger partial charge on any atom is 0.496 e. The lowest BCUT2D eigenvalue weighted by Crippen LogP contribution is -2.41. The minimum absolute atomic E-state index is 0.313. The summed E-state index contributed by atoms with van der Waals surface area (Å²) in [6.45, 7) is 23.2. The zero-order valence-corrected chi connectivity index (χ0v) is 36.8. The molecular formula is C45H54BN11O4. The molecule has 0 atom stereocenters. The number of amides is 1. The van der Waals surface area contributed by atoms with Gasteiger partial charge in [-0.3, -0.25) is 9.97 Å². The number of anilines is 4. The number of hydrogen-bond acceptors (Lipinski definition) is 14. The zero-order valence-electron chi connectivity index (χ0n) is 36.8. The third-order valence-electron chi connectivity index (χ3n) is 10.8. The molecule has 6 aromatic heterocycles. The molecule has 1 saturated heterocycles. The molecule has 8 heterocycles. The molecule has 2 N–H and O–H groups in total. The Morgan fingerprint density at radius 1 is 0.721 bits per heavy atom. The van der Waals surface area contributed by atoms with Crippen LogP contribution in [0.1, 0.15) is 105 Å². The molecule has 6 aromatic rings. The molecule has 0 spiro atoms. The van der Waals surface area contributed by atoms with E-state index in [0.29, 0.717) is 48.2 Å². The van der Waals surface area contributed by atoms with Gasteiger partial charge in [0, 0.05) is 30.9 Å². The van der Waals surface area contributed by atoms with Gasteiger partial charge < -0.3 is 29.6 Å². The summed E-state index contributed by atoms with van der Waals surface area (Å²) in [5, 5.41) is 22.9. The molecule has 2 aliphatic heterocycles. The molecule has 0 radical (unpaired) electrons. The molecule has 8 rings (SSSR count). The average Bonchev–Trinajstić information content (AvgIpc) is 3.79. The van der Waals surface area contributed by atoms with Crippen LogP contribution in [0, 0.1) is 0 Å². The molecule has 316 valence electrons. The Morgan fingerprint density at radius 3 is 1.77 bits per heavy atom. The Bertz CT molecular complexity index is 2580. The van der Waals surface area contributed by atoms with Crippen molar-refractivity contribution in [3.8, 4) is 0 Å². The van der Waals surface area contributed by atoms with Crippen molar-refractivity contribution in [1.29, 1.82) is 0 Å². The molecular weight excluding hydrogens is 769 g/mol. The van der Waals surface area contributed by atoms with Crippen molar-refractivity contribution in [3.63, 3.8) is 0 Å². The van der Waals surface area contributed by atoms with Gasteiger partial charge in [0.1, 0.15) is 17.2 Å². The summed E-state index contributed by atoms with van der Waals surface area (Å²) in [5.74, 6) is 3.41. The average molecular weight is 824 g/mol. The maximum absolute atomic E-state index is 12.4. The van der Waals surface area contributed by atoms with Crippen LogP contribution in [0.15, 0.2) is 79.4 Å². The fourth-order valence-corrected chi connectivity index (χ4v) is 6.46. The van der Waals surface area contributed by atoms with Crippen LogP contribution in [0.5, 0.6) is 0 Å². The third-order valence-corrected chi connectivity index (χ3v) is 10.8. The highest BCUT2D eigenvalue weighted by molar-refractivity contribution is 6.62. The van der Waals surface area contributed by atoms with Crippen molar-refractivity contribution in [2.45, 2.75) is 105 Å². The van der Waals surface area contributed by atoms with Gasteiger partial charge in [-0.15, -0.1) is 10.2 Å². The number of carbonyl (C=O) groups is 1. The Morgan fingerprint density at radius 2 is 1.25 bits per heavy atom. The van der Waals surface area contributed by atoms with E-state index in [1.165, 1.54) is 0 Å². The molecule has 1 amide bonds. The first-order valence-corrected chi connectivity index (χ1v) is 20.6. The van der Waals surface area contributed by atoms with Crippen LogP contribution < -0.4 is 16.1 Å². The van der Waals surface area contributed by atoms with Gasteiger partial charge in [0.25, 0.3) is 0 Å². The van der Waals surface area contributed by atoms with Crippen molar-refractivity contribution < 1.29 is 18.8 Å². The number of nitrogens with one attached hydrogen (secondary N) is 2. The topological polar surface area (TPSA) is 175 Å². The predicted molar refractivity (Wildman–Crippen MR) is 239 cm³/mol. The van der Waals surface area contributed by atoms with Gasteiger partial charge in [-0.05, 0) is 131 Å². The quantitative estimate of drug-likeness (QED) is 0.140. The largest absolute Gasteiger partial charge is 0.496 e. The Balaban J connectivity index is 0.000000185. The van der Waals surface area contributed by atoms with Gasteiger partial charge in [0.05, 0.1) is 45.7 Å². The lowest BCUT2D eigenvalue weighted by molar-refractivity contribution is 0.00578. The number of fused-ring (bicyclic) bond motifs is 2. The first-order valence-electron chi connectivity index (χ1n) is 20.6. The number of carbonyl (C=O) groups excluding carboxylic acids is 1. The molecule has 0 aliphatic carbocycles. The lowest BCUT2D eigenvalue weighted by atomic mass is 9.80. The summed E-state index contributed by atoms with van der Waals surface area (Å²) in [6, 6.07) is 15.5. The van der Waals surface area contributed by atoms with Crippen LogP contribution in [0.3, 0.4) is 0 Å². The number of pyridine rings is 4. The van der Waals surface area contributed by atoms with Gasteiger partial charge in [-0.25, -0.2) is 14.8 Å². The molecule has 2 aliphatic rings. The Kier molecular flexibility index (Phi) is 12.0. The van der Waals surface area contributed by atoms with Crippen molar-refractivity contribution in [1.82, 2.24) is 45.2 Å². The highest BCUT2D eigenvalue weighted by Crippen LogP contribution is 2.36. The second kappa shape index (κ2) is 17.1. The minimum Gasteiger partial charge on any atom is -0.444 e. The summed E-state index contributed by atoms with van der Waals surface area (Å²) in [6.07, 6.45) is 8.88. The molecule has 0 bridgehead atoms. The lowest BCUT2D eigenvalue weighted by Gasteiger charge is -2.32. The van der Waals surface area contributed by atoms with Gasteiger partial charge in [0.2, 0.25) is 0 Å². The van der Waals surface area contributed by atoms with Crippen molar-refractivity contribution >= 4 is 69.6 Å². The summed E-state index contributed by atoms with van der Waals surface area (Å²) >= 11 is 0. The number of aromatic nitrogens is 8. The molecule has 0 saturated carbocycles. The first kappa shape index (κ1) is 43.0. The van der Waals surface area contributed by atoms with Gasteiger partial charge >= 0.3 is 13.2 Å². The van der Waals surface area contributed by atoms with Crippen LogP contribution in [-0.2, 0) is 14.0 Å². The maximum atomic E-state index is 12.4. The van der Waals surface area contributed by atoms with Crippen LogP contribution in [0.2, 0.25) is 0 Å². The van der Waals surface area contributed by atoms with Crippen molar-refractivity contribution in [2.24, 2.45) is 0 Å². The van der Waals surface area contributed by atoms with E-state index in [1.807, 2.05) is 109 Å². The fraction of sp³-hybridized carbons (Fsp3) is 0.400. The van der Waals surface area contributed by atoms with Crippen LogP contribution in [-0.4, -0.2) is 88.3 Å². The standard InChI is InChI=1S/C24H28N6O2.C21H26BN5O2/c1-15(2)17-11-22(29-26-13-17)28-21-7-6-19-20(27-21)10-18(12-25-19)16-8-9-30(14-16)23(31)32-24(3,4)5;1-13(2)14-9-19(27-24-11-14)26-18-8-7-16-17(25-18)10-15(12-23-16)22-28-20(3,4)21(5,6)29-22/h6-8,10-13,15H,9,14H2,1-5H3,(H,27,28,29);7-13H,1-6H3,(H,25,26,27). The summed E-state index contributed by atoms with van der Waals surface area (Å²) < 4.78 is 17.8.